The molecule has 5 nitrogen and oxygen atoms in total. The lowest BCUT2D eigenvalue weighted by Gasteiger charge is -2.20. The van der Waals surface area contributed by atoms with Gasteiger partial charge in [-0.25, -0.2) is 9.50 Å². The SMILES string of the molecule is Nc1cnc2cc(CC3CCOCC3)nn2c1. The summed E-state index contributed by atoms with van der Waals surface area (Å²) in [5.74, 6) is 0.686. The van der Waals surface area contributed by atoms with Crippen molar-refractivity contribution in [2.24, 2.45) is 5.92 Å². The lowest BCUT2D eigenvalue weighted by atomic mass is 9.95. The molecule has 3 rings (SSSR count). The number of hydrogen-bond donors (Lipinski definition) is 1. The topological polar surface area (TPSA) is 65.4 Å². The van der Waals surface area contributed by atoms with Crippen LogP contribution < -0.4 is 5.73 Å². The van der Waals surface area contributed by atoms with Gasteiger partial charge in [0.2, 0.25) is 0 Å². The number of nitrogen functional groups attached to an aromatic ring is 1. The minimum absolute atomic E-state index is 0.637. The second-order valence-electron chi connectivity index (χ2n) is 4.59. The smallest absolute Gasteiger partial charge is 0.155 e. The molecule has 0 spiro atoms. The van der Waals surface area contributed by atoms with E-state index in [9.17, 15) is 0 Å². The van der Waals surface area contributed by atoms with Crippen molar-refractivity contribution in [3.05, 3.63) is 24.2 Å². The number of anilines is 1. The lowest BCUT2D eigenvalue weighted by molar-refractivity contribution is 0.0662. The average molecular weight is 232 g/mol. The Balaban J connectivity index is 1.80. The number of ether oxygens (including phenoxy) is 1. The molecule has 0 unspecified atom stereocenters. The molecule has 0 saturated carbocycles. The van der Waals surface area contributed by atoms with E-state index in [1.54, 1.807) is 16.9 Å². The van der Waals surface area contributed by atoms with E-state index in [1.165, 1.54) is 0 Å². The van der Waals surface area contributed by atoms with E-state index >= 15 is 0 Å². The Labute approximate surface area is 99.6 Å². The first-order chi connectivity index (χ1) is 8.31. The number of fused-ring (bicyclic) bond motifs is 1. The molecule has 0 amide bonds. The molecule has 1 saturated heterocycles. The van der Waals surface area contributed by atoms with E-state index in [4.69, 9.17) is 10.5 Å². The van der Waals surface area contributed by atoms with Gasteiger partial charge in [-0.05, 0) is 25.2 Å². The summed E-state index contributed by atoms with van der Waals surface area (Å²) in [5, 5.41) is 4.50. The summed E-state index contributed by atoms with van der Waals surface area (Å²) in [5.41, 5.74) is 8.27. The molecule has 1 fully saturated rings. The molecule has 5 heteroatoms. The van der Waals surface area contributed by atoms with Crippen molar-refractivity contribution in [2.45, 2.75) is 19.3 Å². The van der Waals surface area contributed by atoms with Crippen LogP contribution in [0, 0.1) is 5.92 Å². The summed E-state index contributed by atoms with van der Waals surface area (Å²) in [6.45, 7) is 1.76. The second-order valence-corrected chi connectivity index (χ2v) is 4.59. The van der Waals surface area contributed by atoms with Crippen molar-refractivity contribution in [3.63, 3.8) is 0 Å². The highest BCUT2D eigenvalue weighted by Gasteiger charge is 2.16. The first-order valence-corrected chi connectivity index (χ1v) is 5.99. The van der Waals surface area contributed by atoms with Gasteiger partial charge in [0.05, 0.1) is 23.8 Å². The van der Waals surface area contributed by atoms with Crippen molar-refractivity contribution in [3.8, 4) is 0 Å². The van der Waals surface area contributed by atoms with Gasteiger partial charge in [0.25, 0.3) is 0 Å². The molecule has 0 aliphatic carbocycles. The summed E-state index contributed by atoms with van der Waals surface area (Å²) in [4.78, 5) is 4.25. The molecule has 0 bridgehead atoms. The fraction of sp³-hybridized carbons (Fsp3) is 0.500. The maximum absolute atomic E-state index is 5.68. The predicted molar refractivity (Wildman–Crippen MR) is 64.6 cm³/mol. The standard InChI is InChI=1S/C12H16N4O/c13-10-7-14-12-6-11(15-16(12)8-10)5-9-1-3-17-4-2-9/h6-9H,1-5,13H2. The fourth-order valence-corrected chi connectivity index (χ4v) is 2.29. The van der Waals surface area contributed by atoms with Crippen LogP contribution in [0.1, 0.15) is 18.5 Å². The van der Waals surface area contributed by atoms with Crippen molar-refractivity contribution in [1.29, 1.82) is 0 Å². The summed E-state index contributed by atoms with van der Waals surface area (Å²) >= 11 is 0. The first-order valence-electron chi connectivity index (χ1n) is 5.99. The Morgan fingerprint density at radius 1 is 1.41 bits per heavy atom. The van der Waals surface area contributed by atoms with E-state index in [-0.39, 0.29) is 0 Å². The minimum Gasteiger partial charge on any atom is -0.396 e. The lowest BCUT2D eigenvalue weighted by Crippen LogP contribution is -2.17. The zero-order valence-corrected chi connectivity index (χ0v) is 9.67. The van der Waals surface area contributed by atoms with Crippen molar-refractivity contribution >= 4 is 11.3 Å². The predicted octanol–water partition coefficient (Wildman–Crippen LogP) is 1.28. The van der Waals surface area contributed by atoms with Crippen LogP contribution in [0.4, 0.5) is 5.69 Å². The molecule has 0 radical (unpaired) electrons. The number of nitrogens with two attached hydrogens (primary N) is 1. The van der Waals surface area contributed by atoms with Gasteiger partial charge in [-0.15, -0.1) is 0 Å². The Morgan fingerprint density at radius 3 is 3.06 bits per heavy atom. The van der Waals surface area contributed by atoms with E-state index in [2.05, 4.69) is 10.1 Å². The molecular formula is C12H16N4O. The summed E-state index contributed by atoms with van der Waals surface area (Å²) in [6, 6.07) is 2.04. The zero-order valence-electron chi connectivity index (χ0n) is 9.67. The zero-order chi connectivity index (χ0) is 11.7. The highest BCUT2D eigenvalue weighted by Crippen LogP contribution is 2.20. The molecule has 17 heavy (non-hydrogen) atoms. The highest BCUT2D eigenvalue weighted by molar-refractivity contribution is 5.44. The van der Waals surface area contributed by atoms with E-state index in [1.807, 2.05) is 6.07 Å². The van der Waals surface area contributed by atoms with E-state index in [0.29, 0.717) is 11.6 Å². The Hall–Kier alpha value is -1.62. The average Bonchev–Trinajstić information content (AvgIpc) is 2.71. The van der Waals surface area contributed by atoms with Crippen LogP contribution in [-0.2, 0) is 11.2 Å². The van der Waals surface area contributed by atoms with Gasteiger partial charge < -0.3 is 10.5 Å². The molecule has 90 valence electrons. The minimum atomic E-state index is 0.637. The molecule has 2 aromatic heterocycles. The molecule has 1 aliphatic rings. The Bertz CT molecular complexity index is 516. The molecule has 1 aliphatic heterocycles. The number of aromatic nitrogens is 3. The van der Waals surface area contributed by atoms with Gasteiger partial charge in [0.1, 0.15) is 0 Å². The Morgan fingerprint density at radius 2 is 2.24 bits per heavy atom. The molecular weight excluding hydrogens is 216 g/mol. The third kappa shape index (κ3) is 2.24. The maximum atomic E-state index is 5.68. The fourth-order valence-electron chi connectivity index (χ4n) is 2.29. The van der Waals surface area contributed by atoms with Crippen LogP contribution in [0.3, 0.4) is 0 Å². The van der Waals surface area contributed by atoms with Gasteiger partial charge in [-0.3, -0.25) is 0 Å². The largest absolute Gasteiger partial charge is 0.396 e. The van der Waals surface area contributed by atoms with Gasteiger partial charge in [0.15, 0.2) is 5.65 Å². The normalized spacial score (nSPS) is 17.6. The van der Waals surface area contributed by atoms with Gasteiger partial charge in [-0.1, -0.05) is 0 Å². The molecule has 2 N–H and O–H groups in total. The molecule has 2 aromatic rings. The molecule has 0 atom stereocenters. The molecule has 0 aromatic carbocycles. The second kappa shape index (κ2) is 4.33. The monoisotopic (exact) mass is 232 g/mol. The van der Waals surface area contributed by atoms with Crippen LogP contribution in [0.15, 0.2) is 18.5 Å². The third-order valence-corrected chi connectivity index (χ3v) is 3.22. The van der Waals surface area contributed by atoms with Crippen LogP contribution in [0.2, 0.25) is 0 Å². The van der Waals surface area contributed by atoms with Crippen LogP contribution >= 0.6 is 0 Å². The third-order valence-electron chi connectivity index (χ3n) is 3.22. The van der Waals surface area contributed by atoms with Gasteiger partial charge in [-0.2, -0.15) is 5.10 Å². The van der Waals surface area contributed by atoms with Crippen molar-refractivity contribution in [2.75, 3.05) is 18.9 Å². The van der Waals surface area contributed by atoms with Crippen LogP contribution in [-0.4, -0.2) is 27.8 Å². The van der Waals surface area contributed by atoms with Crippen LogP contribution in [0.25, 0.3) is 5.65 Å². The van der Waals surface area contributed by atoms with Crippen molar-refractivity contribution in [1.82, 2.24) is 14.6 Å². The van der Waals surface area contributed by atoms with Gasteiger partial charge in [0, 0.05) is 19.3 Å². The summed E-state index contributed by atoms with van der Waals surface area (Å²) in [6.07, 6.45) is 6.73. The van der Waals surface area contributed by atoms with Crippen molar-refractivity contribution < 1.29 is 4.74 Å². The number of nitrogens with zero attached hydrogens (tertiary/aromatic N) is 3. The highest BCUT2D eigenvalue weighted by atomic mass is 16.5. The Kier molecular flexibility index (Phi) is 2.68. The number of rotatable bonds is 2. The molecule has 3 heterocycles. The summed E-state index contributed by atoms with van der Waals surface area (Å²) in [7, 11) is 0. The number of hydrogen-bond acceptors (Lipinski definition) is 4. The first kappa shape index (κ1) is 10.5. The van der Waals surface area contributed by atoms with E-state index < -0.39 is 0 Å². The van der Waals surface area contributed by atoms with Crippen LogP contribution in [0.5, 0.6) is 0 Å². The summed E-state index contributed by atoms with van der Waals surface area (Å²) < 4.78 is 7.11. The van der Waals surface area contributed by atoms with Gasteiger partial charge >= 0.3 is 0 Å². The maximum Gasteiger partial charge on any atom is 0.155 e. The van der Waals surface area contributed by atoms with E-state index in [0.717, 1.165) is 43.8 Å². The quantitative estimate of drug-likeness (QED) is 0.847.